The van der Waals surface area contributed by atoms with Crippen molar-refractivity contribution in [1.29, 1.82) is 0 Å². The lowest BCUT2D eigenvalue weighted by atomic mass is 10.3. The van der Waals surface area contributed by atoms with Crippen LogP contribution in [-0.2, 0) is 9.53 Å². The molecule has 0 saturated heterocycles. The van der Waals surface area contributed by atoms with Gasteiger partial charge < -0.3 is 15.7 Å². The van der Waals surface area contributed by atoms with E-state index in [1.54, 1.807) is 13.2 Å². The minimum Gasteiger partial charge on any atom is -0.447 e. The molecule has 3 N–H and O–H groups in total. The molecule has 1 rings (SSSR count). The molecule has 8 heteroatoms. The SMILES string of the molecule is CSC(C)OC(=O)C(=NO)c1csc(N)n1. The maximum Gasteiger partial charge on any atom is 0.363 e. The molecule has 0 spiro atoms. The summed E-state index contributed by atoms with van der Waals surface area (Å²) in [6.07, 6.45) is 1.80. The fourth-order valence-electron chi connectivity index (χ4n) is 0.848. The number of esters is 1. The van der Waals surface area contributed by atoms with Crippen LogP contribution in [0.4, 0.5) is 5.13 Å². The first-order valence-electron chi connectivity index (χ1n) is 4.25. The Bertz CT molecular complexity index is 405. The van der Waals surface area contributed by atoms with Gasteiger partial charge in [-0.2, -0.15) is 0 Å². The fraction of sp³-hybridized carbons (Fsp3) is 0.375. The number of hydrogen-bond donors (Lipinski definition) is 2. The topological polar surface area (TPSA) is 97.8 Å². The van der Waals surface area contributed by atoms with Crippen molar-refractivity contribution in [2.24, 2.45) is 5.16 Å². The van der Waals surface area contributed by atoms with E-state index < -0.39 is 5.97 Å². The van der Waals surface area contributed by atoms with Gasteiger partial charge in [0.15, 0.2) is 5.13 Å². The summed E-state index contributed by atoms with van der Waals surface area (Å²) in [6.45, 7) is 1.72. The lowest BCUT2D eigenvalue weighted by Crippen LogP contribution is -2.22. The average Bonchev–Trinajstić information content (AvgIpc) is 2.65. The highest BCUT2D eigenvalue weighted by Gasteiger charge is 2.21. The average molecular weight is 261 g/mol. The Kier molecular flexibility index (Phi) is 4.56. The number of carbonyl (C=O) groups is 1. The van der Waals surface area contributed by atoms with Crippen molar-refractivity contribution in [1.82, 2.24) is 4.98 Å². The molecule has 0 aliphatic carbocycles. The highest BCUT2D eigenvalue weighted by molar-refractivity contribution is 7.99. The van der Waals surface area contributed by atoms with Crippen LogP contribution in [0, 0.1) is 0 Å². The Labute approximate surface area is 100 Å². The number of carbonyl (C=O) groups excluding carboxylic acids is 1. The van der Waals surface area contributed by atoms with Crippen molar-refractivity contribution < 1.29 is 14.7 Å². The van der Waals surface area contributed by atoms with Gasteiger partial charge in [0.05, 0.1) is 0 Å². The van der Waals surface area contributed by atoms with Crippen molar-refractivity contribution in [3.05, 3.63) is 11.1 Å². The summed E-state index contributed by atoms with van der Waals surface area (Å²) < 4.78 is 4.97. The van der Waals surface area contributed by atoms with Gasteiger partial charge in [0, 0.05) is 5.38 Å². The number of thiazole rings is 1. The summed E-state index contributed by atoms with van der Waals surface area (Å²) in [6, 6.07) is 0. The second kappa shape index (κ2) is 5.71. The summed E-state index contributed by atoms with van der Waals surface area (Å²) in [5.41, 5.74) is 5.06. The molecule has 0 saturated carbocycles. The van der Waals surface area contributed by atoms with E-state index in [1.807, 2.05) is 0 Å². The summed E-state index contributed by atoms with van der Waals surface area (Å²) in [4.78, 5) is 15.4. The van der Waals surface area contributed by atoms with E-state index in [1.165, 1.54) is 17.1 Å². The number of hydrogen-bond acceptors (Lipinski definition) is 8. The molecule has 0 aliphatic rings. The predicted octanol–water partition coefficient (Wildman–Crippen LogP) is 1.16. The minimum absolute atomic E-state index is 0.211. The highest BCUT2D eigenvalue weighted by Crippen LogP contribution is 2.14. The van der Waals surface area contributed by atoms with Crippen LogP contribution in [0.3, 0.4) is 0 Å². The number of nitrogens with zero attached hydrogens (tertiary/aromatic N) is 2. The Hall–Kier alpha value is -1.28. The van der Waals surface area contributed by atoms with Crippen molar-refractivity contribution in [3.8, 4) is 0 Å². The van der Waals surface area contributed by atoms with E-state index in [4.69, 9.17) is 15.7 Å². The zero-order valence-corrected chi connectivity index (χ0v) is 10.3. The van der Waals surface area contributed by atoms with E-state index in [0.29, 0.717) is 5.13 Å². The molecule has 1 aromatic heterocycles. The van der Waals surface area contributed by atoms with Crippen LogP contribution in [0.2, 0.25) is 0 Å². The zero-order valence-electron chi connectivity index (χ0n) is 8.71. The molecule has 0 bridgehead atoms. The lowest BCUT2D eigenvalue weighted by Gasteiger charge is -2.09. The zero-order chi connectivity index (χ0) is 12.1. The number of rotatable bonds is 4. The number of ether oxygens (including phenoxy) is 1. The quantitative estimate of drug-likeness (QED) is 0.277. The van der Waals surface area contributed by atoms with Gasteiger partial charge in [-0.1, -0.05) is 5.16 Å². The minimum atomic E-state index is -0.727. The summed E-state index contributed by atoms with van der Waals surface area (Å²) in [5, 5.41) is 13.4. The van der Waals surface area contributed by atoms with Crippen LogP contribution in [0.1, 0.15) is 12.6 Å². The number of anilines is 1. The van der Waals surface area contributed by atoms with Gasteiger partial charge in [-0.05, 0) is 13.2 Å². The predicted molar refractivity (Wildman–Crippen MR) is 63.9 cm³/mol. The molecule has 16 heavy (non-hydrogen) atoms. The molecule has 88 valence electrons. The Morgan fingerprint density at radius 1 is 1.81 bits per heavy atom. The van der Waals surface area contributed by atoms with Crippen LogP contribution < -0.4 is 5.73 Å². The third-order valence-electron chi connectivity index (χ3n) is 1.66. The molecule has 0 aromatic carbocycles. The molecule has 0 fully saturated rings. The first-order valence-corrected chi connectivity index (χ1v) is 6.42. The standard InChI is InChI=1S/C8H11N3O3S2/c1-4(15-2)14-7(12)6(11-13)5-3-16-8(9)10-5/h3-4,13H,1-2H3,(H2,9,10). The van der Waals surface area contributed by atoms with Crippen molar-refractivity contribution in [3.63, 3.8) is 0 Å². The highest BCUT2D eigenvalue weighted by atomic mass is 32.2. The van der Waals surface area contributed by atoms with Crippen LogP contribution >= 0.6 is 23.1 Å². The second-order valence-corrected chi connectivity index (χ2v) is 4.75. The van der Waals surface area contributed by atoms with Crippen molar-refractivity contribution in [2.45, 2.75) is 12.4 Å². The van der Waals surface area contributed by atoms with Crippen molar-refractivity contribution in [2.75, 3.05) is 12.0 Å². The van der Waals surface area contributed by atoms with Crippen LogP contribution in [0.25, 0.3) is 0 Å². The van der Waals surface area contributed by atoms with Crippen LogP contribution in [0.15, 0.2) is 10.5 Å². The third kappa shape index (κ3) is 3.11. The van der Waals surface area contributed by atoms with E-state index in [2.05, 4.69) is 10.1 Å². The number of nitrogen functional groups attached to an aromatic ring is 1. The third-order valence-corrected chi connectivity index (χ3v) is 3.10. The molecule has 1 unspecified atom stereocenters. The summed E-state index contributed by atoms with van der Waals surface area (Å²) in [7, 11) is 0. The van der Waals surface area contributed by atoms with Gasteiger partial charge in [-0.3, -0.25) is 0 Å². The molecule has 6 nitrogen and oxygen atoms in total. The van der Waals surface area contributed by atoms with E-state index >= 15 is 0 Å². The molecule has 0 aliphatic heterocycles. The molecule has 1 heterocycles. The van der Waals surface area contributed by atoms with Crippen LogP contribution in [-0.4, -0.2) is 33.6 Å². The van der Waals surface area contributed by atoms with E-state index in [0.717, 1.165) is 11.3 Å². The molecule has 1 aromatic rings. The fourth-order valence-corrected chi connectivity index (χ4v) is 1.58. The second-order valence-electron chi connectivity index (χ2n) is 2.73. The normalized spacial score (nSPS) is 13.5. The van der Waals surface area contributed by atoms with Gasteiger partial charge >= 0.3 is 5.97 Å². The largest absolute Gasteiger partial charge is 0.447 e. The number of nitrogens with two attached hydrogens (primary N) is 1. The first kappa shape index (κ1) is 12.8. The molecule has 0 amide bonds. The number of aromatic nitrogens is 1. The van der Waals surface area contributed by atoms with Gasteiger partial charge in [0.25, 0.3) is 0 Å². The number of thioether (sulfide) groups is 1. The number of oxime groups is 1. The maximum absolute atomic E-state index is 11.6. The summed E-state index contributed by atoms with van der Waals surface area (Å²) >= 11 is 2.51. The van der Waals surface area contributed by atoms with Gasteiger partial charge in [-0.25, -0.2) is 9.78 Å². The first-order chi connectivity index (χ1) is 7.58. The Morgan fingerprint density at radius 2 is 2.50 bits per heavy atom. The lowest BCUT2D eigenvalue weighted by molar-refractivity contribution is -0.136. The molecular formula is C8H11N3O3S2. The molecule has 0 radical (unpaired) electrons. The van der Waals surface area contributed by atoms with Crippen molar-refractivity contribution >= 4 is 39.9 Å². The smallest absolute Gasteiger partial charge is 0.363 e. The maximum atomic E-state index is 11.6. The molecule has 1 atom stereocenters. The van der Waals surface area contributed by atoms with E-state index in [9.17, 15) is 4.79 Å². The van der Waals surface area contributed by atoms with Crippen LogP contribution in [0.5, 0.6) is 0 Å². The van der Waals surface area contributed by atoms with Gasteiger partial charge in [0.1, 0.15) is 11.1 Å². The van der Waals surface area contributed by atoms with Gasteiger partial charge in [-0.15, -0.1) is 23.1 Å². The molecular weight excluding hydrogens is 250 g/mol. The van der Waals surface area contributed by atoms with E-state index in [-0.39, 0.29) is 16.8 Å². The monoisotopic (exact) mass is 261 g/mol. The summed E-state index contributed by atoms with van der Waals surface area (Å²) in [5.74, 6) is -0.727. The van der Waals surface area contributed by atoms with Gasteiger partial charge in [0.2, 0.25) is 5.71 Å². The Balaban J connectivity index is 2.80. The Morgan fingerprint density at radius 3 is 2.94 bits per heavy atom.